The van der Waals surface area contributed by atoms with Crippen LogP contribution in [0, 0.1) is 6.92 Å². The van der Waals surface area contributed by atoms with Crippen LogP contribution in [-0.4, -0.2) is 22.7 Å². The summed E-state index contributed by atoms with van der Waals surface area (Å²) >= 11 is 0. The number of hydrogen-bond donors (Lipinski definition) is 0. The second kappa shape index (κ2) is 3.14. The number of ether oxygens (including phenoxy) is 1. The second-order valence-electron chi connectivity index (χ2n) is 3.01. The summed E-state index contributed by atoms with van der Waals surface area (Å²) in [6, 6.07) is 5.66. The number of pyridine rings is 1. The van der Waals surface area contributed by atoms with Gasteiger partial charge in [0.1, 0.15) is 5.56 Å². The average Bonchev–Trinajstić information content (AvgIpc) is 2.62. The summed E-state index contributed by atoms with van der Waals surface area (Å²) in [6.45, 7) is 1.93. The molecular formula is C10H10N2O2. The third-order valence-electron chi connectivity index (χ3n) is 2.14. The molecule has 2 aromatic heterocycles. The number of fused-ring (bicyclic) bond motifs is 1. The zero-order chi connectivity index (χ0) is 10.1. The number of nitrogens with zero attached hydrogens (tertiary/aromatic N) is 2. The van der Waals surface area contributed by atoms with Gasteiger partial charge in [-0.2, -0.15) is 5.10 Å². The highest BCUT2D eigenvalue weighted by Crippen LogP contribution is 2.12. The zero-order valence-corrected chi connectivity index (χ0v) is 8.02. The van der Waals surface area contributed by atoms with Crippen molar-refractivity contribution in [1.82, 2.24) is 9.61 Å². The monoisotopic (exact) mass is 190 g/mol. The Morgan fingerprint density at radius 2 is 2.29 bits per heavy atom. The molecule has 2 rings (SSSR count). The largest absolute Gasteiger partial charge is 0.465 e. The summed E-state index contributed by atoms with van der Waals surface area (Å²) < 4.78 is 6.36. The van der Waals surface area contributed by atoms with Gasteiger partial charge in [0.2, 0.25) is 0 Å². The maximum Gasteiger partial charge on any atom is 0.341 e. The summed E-state index contributed by atoms with van der Waals surface area (Å²) in [6.07, 6.45) is 1.52. The number of rotatable bonds is 1. The highest BCUT2D eigenvalue weighted by atomic mass is 16.5. The maximum atomic E-state index is 11.3. The highest BCUT2D eigenvalue weighted by Gasteiger charge is 2.12. The Balaban J connectivity index is 2.70. The van der Waals surface area contributed by atoms with Gasteiger partial charge in [-0.3, -0.25) is 0 Å². The van der Waals surface area contributed by atoms with Crippen molar-refractivity contribution in [3.63, 3.8) is 0 Å². The molecule has 0 fully saturated rings. The average molecular weight is 190 g/mol. The molecule has 72 valence electrons. The molecule has 0 bridgehead atoms. The van der Waals surface area contributed by atoms with Crippen molar-refractivity contribution in [2.45, 2.75) is 6.92 Å². The van der Waals surface area contributed by atoms with Gasteiger partial charge in [-0.15, -0.1) is 0 Å². The van der Waals surface area contributed by atoms with E-state index in [0.29, 0.717) is 5.56 Å². The van der Waals surface area contributed by atoms with Gasteiger partial charge in [-0.05, 0) is 19.1 Å². The van der Waals surface area contributed by atoms with Crippen LogP contribution >= 0.6 is 0 Å². The molecule has 0 atom stereocenters. The number of hydrogen-bond acceptors (Lipinski definition) is 3. The summed E-state index contributed by atoms with van der Waals surface area (Å²) in [7, 11) is 1.36. The van der Waals surface area contributed by atoms with Gasteiger partial charge in [0.25, 0.3) is 0 Å². The Morgan fingerprint density at radius 1 is 1.50 bits per heavy atom. The van der Waals surface area contributed by atoms with Crippen molar-refractivity contribution >= 4 is 11.5 Å². The first-order valence-corrected chi connectivity index (χ1v) is 4.25. The molecule has 0 aromatic carbocycles. The summed E-state index contributed by atoms with van der Waals surface area (Å²) in [4.78, 5) is 11.3. The van der Waals surface area contributed by atoms with E-state index in [0.717, 1.165) is 11.2 Å². The van der Waals surface area contributed by atoms with Gasteiger partial charge in [0.15, 0.2) is 0 Å². The molecule has 0 amide bonds. The van der Waals surface area contributed by atoms with Crippen molar-refractivity contribution in [2.75, 3.05) is 7.11 Å². The van der Waals surface area contributed by atoms with Crippen LogP contribution in [0.2, 0.25) is 0 Å². The predicted molar refractivity (Wildman–Crippen MR) is 51.3 cm³/mol. The lowest BCUT2D eigenvalue weighted by molar-refractivity contribution is 0.0603. The quantitative estimate of drug-likeness (QED) is 0.639. The lowest BCUT2D eigenvalue weighted by Gasteiger charge is -1.99. The Labute approximate surface area is 81.1 Å². The fourth-order valence-corrected chi connectivity index (χ4v) is 1.42. The molecule has 14 heavy (non-hydrogen) atoms. The first-order chi connectivity index (χ1) is 6.74. The molecule has 0 radical (unpaired) electrons. The van der Waals surface area contributed by atoms with E-state index in [4.69, 9.17) is 0 Å². The molecule has 0 N–H and O–H groups in total. The lowest BCUT2D eigenvalue weighted by atomic mass is 10.2. The molecule has 0 aliphatic heterocycles. The molecule has 4 heteroatoms. The molecule has 2 aromatic rings. The number of carbonyl (C=O) groups excluding carboxylic acids is 1. The number of carbonyl (C=O) groups is 1. The van der Waals surface area contributed by atoms with E-state index in [9.17, 15) is 4.79 Å². The third kappa shape index (κ3) is 1.16. The van der Waals surface area contributed by atoms with Gasteiger partial charge in [-0.25, -0.2) is 9.31 Å². The molecule has 2 heterocycles. The SMILES string of the molecule is COC(=O)c1cnn2c(C)cccc12. The lowest BCUT2D eigenvalue weighted by Crippen LogP contribution is -2.00. The van der Waals surface area contributed by atoms with Crippen molar-refractivity contribution in [2.24, 2.45) is 0 Å². The van der Waals surface area contributed by atoms with Crippen LogP contribution in [0.5, 0.6) is 0 Å². The second-order valence-corrected chi connectivity index (χ2v) is 3.01. The van der Waals surface area contributed by atoms with Crippen molar-refractivity contribution in [3.05, 3.63) is 35.7 Å². The molecule has 0 spiro atoms. The molecule has 0 saturated carbocycles. The molecule has 0 aliphatic rings. The Kier molecular flexibility index (Phi) is 1.96. The van der Waals surface area contributed by atoms with E-state index in [1.54, 1.807) is 4.52 Å². The van der Waals surface area contributed by atoms with E-state index >= 15 is 0 Å². The van der Waals surface area contributed by atoms with Crippen molar-refractivity contribution < 1.29 is 9.53 Å². The fourth-order valence-electron chi connectivity index (χ4n) is 1.42. The minimum Gasteiger partial charge on any atom is -0.465 e. The summed E-state index contributed by atoms with van der Waals surface area (Å²) in [5.74, 6) is -0.356. The normalized spacial score (nSPS) is 10.4. The molecule has 4 nitrogen and oxygen atoms in total. The van der Waals surface area contributed by atoms with Crippen LogP contribution in [0.1, 0.15) is 16.1 Å². The van der Waals surface area contributed by atoms with Gasteiger partial charge in [-0.1, -0.05) is 6.07 Å². The van der Waals surface area contributed by atoms with E-state index in [-0.39, 0.29) is 5.97 Å². The minimum atomic E-state index is -0.356. The Morgan fingerprint density at radius 3 is 3.00 bits per heavy atom. The highest BCUT2D eigenvalue weighted by molar-refractivity contribution is 5.96. The van der Waals surface area contributed by atoms with Crippen LogP contribution in [0.3, 0.4) is 0 Å². The summed E-state index contributed by atoms with van der Waals surface area (Å²) in [5, 5.41) is 4.10. The molecular weight excluding hydrogens is 180 g/mol. The smallest absolute Gasteiger partial charge is 0.341 e. The number of aryl methyl sites for hydroxylation is 1. The summed E-state index contributed by atoms with van der Waals surface area (Å²) in [5.41, 5.74) is 2.26. The van der Waals surface area contributed by atoms with Crippen LogP contribution in [0.25, 0.3) is 5.52 Å². The molecule has 0 aliphatic carbocycles. The Bertz CT molecular complexity index is 488. The predicted octanol–water partition coefficient (Wildman–Crippen LogP) is 1.43. The Hall–Kier alpha value is -1.84. The van der Waals surface area contributed by atoms with Crippen LogP contribution in [0.15, 0.2) is 24.4 Å². The first kappa shape index (κ1) is 8.74. The van der Waals surface area contributed by atoms with E-state index < -0.39 is 0 Å². The topological polar surface area (TPSA) is 43.6 Å². The minimum absolute atomic E-state index is 0.356. The van der Waals surface area contributed by atoms with Gasteiger partial charge >= 0.3 is 5.97 Å². The van der Waals surface area contributed by atoms with E-state index in [1.807, 2.05) is 25.1 Å². The fraction of sp³-hybridized carbons (Fsp3) is 0.200. The zero-order valence-electron chi connectivity index (χ0n) is 8.02. The number of aromatic nitrogens is 2. The van der Waals surface area contributed by atoms with Gasteiger partial charge in [0.05, 0.1) is 18.8 Å². The van der Waals surface area contributed by atoms with Crippen LogP contribution < -0.4 is 0 Å². The first-order valence-electron chi connectivity index (χ1n) is 4.25. The van der Waals surface area contributed by atoms with Gasteiger partial charge < -0.3 is 4.74 Å². The number of methoxy groups -OCH3 is 1. The van der Waals surface area contributed by atoms with Crippen LogP contribution in [0.4, 0.5) is 0 Å². The number of esters is 1. The van der Waals surface area contributed by atoms with Crippen molar-refractivity contribution in [1.29, 1.82) is 0 Å². The molecule has 0 unspecified atom stereocenters. The third-order valence-corrected chi connectivity index (χ3v) is 2.14. The van der Waals surface area contributed by atoms with Gasteiger partial charge in [0, 0.05) is 5.69 Å². The van der Waals surface area contributed by atoms with E-state index in [2.05, 4.69) is 9.84 Å². The van der Waals surface area contributed by atoms with Crippen LogP contribution in [-0.2, 0) is 4.74 Å². The molecule has 0 saturated heterocycles. The van der Waals surface area contributed by atoms with Crippen molar-refractivity contribution in [3.8, 4) is 0 Å². The maximum absolute atomic E-state index is 11.3. The standard InChI is InChI=1S/C10H10N2O2/c1-7-4-3-5-9-8(10(13)14-2)6-11-12(7)9/h3-6H,1-2H3. The van der Waals surface area contributed by atoms with E-state index in [1.165, 1.54) is 13.3 Å².